The molecule has 0 radical (unpaired) electrons. The van der Waals surface area contributed by atoms with Gasteiger partial charge >= 0.3 is 6.09 Å². The van der Waals surface area contributed by atoms with Gasteiger partial charge in [0.1, 0.15) is 23.5 Å². The van der Waals surface area contributed by atoms with Gasteiger partial charge in [0.25, 0.3) is 0 Å². The van der Waals surface area contributed by atoms with Gasteiger partial charge in [0.05, 0.1) is 23.8 Å². The molecule has 2 heterocycles. The van der Waals surface area contributed by atoms with Crippen LogP contribution in [0.25, 0.3) is 0 Å². The molecule has 162 valence electrons. The van der Waals surface area contributed by atoms with Gasteiger partial charge < -0.3 is 19.9 Å². The Labute approximate surface area is 176 Å². The van der Waals surface area contributed by atoms with Crippen LogP contribution in [0, 0.1) is 11.3 Å². The fraction of sp³-hybridized carbons (Fsp3) is 0.591. The van der Waals surface area contributed by atoms with Crippen LogP contribution >= 0.6 is 0 Å². The summed E-state index contributed by atoms with van der Waals surface area (Å²) >= 11 is 0. The van der Waals surface area contributed by atoms with Crippen molar-refractivity contribution >= 4 is 12.0 Å². The number of hydrogen-bond donors (Lipinski definition) is 2. The lowest BCUT2D eigenvalue weighted by atomic mass is 9.85. The van der Waals surface area contributed by atoms with E-state index in [-0.39, 0.29) is 12.0 Å². The number of rotatable bonds is 3. The number of aliphatic hydroxyl groups is 1. The van der Waals surface area contributed by atoms with Crippen molar-refractivity contribution in [3.05, 3.63) is 29.3 Å². The van der Waals surface area contributed by atoms with Crippen LogP contribution in [0.2, 0.25) is 0 Å². The fourth-order valence-electron chi connectivity index (χ4n) is 3.97. The smallest absolute Gasteiger partial charge is 0.410 e. The highest BCUT2D eigenvalue weighted by atomic mass is 16.6. The number of carbonyl (C=O) groups is 2. The summed E-state index contributed by atoms with van der Waals surface area (Å²) < 4.78 is 11.2. The topological polar surface area (TPSA) is 112 Å². The summed E-state index contributed by atoms with van der Waals surface area (Å²) in [6.07, 6.45) is 0.316. The third-order valence-electron chi connectivity index (χ3n) is 5.55. The van der Waals surface area contributed by atoms with E-state index in [1.165, 1.54) is 4.90 Å². The van der Waals surface area contributed by atoms with Crippen molar-refractivity contribution in [1.82, 2.24) is 10.2 Å². The first-order valence-electron chi connectivity index (χ1n) is 10.3. The predicted octanol–water partition coefficient (Wildman–Crippen LogP) is 2.65. The van der Waals surface area contributed by atoms with Crippen LogP contribution in [0.5, 0.6) is 5.75 Å². The standard InChI is InChI=1S/C22H29N3O5/c1-13(2)29-21(28)25-10-6-5-7-16(25)20(27)24-18-15-11-14(12-23)8-9-17(15)30-22(3,4)19(18)26/h8-9,11,13,16,18-19,26H,5-7,10H2,1-4H3,(H,24,27). The summed E-state index contributed by atoms with van der Waals surface area (Å²) in [5.41, 5.74) is 0.00622. The van der Waals surface area contributed by atoms with Crippen LogP contribution in [0.1, 0.15) is 64.1 Å². The minimum absolute atomic E-state index is 0.280. The zero-order valence-corrected chi connectivity index (χ0v) is 17.8. The van der Waals surface area contributed by atoms with E-state index in [0.717, 1.165) is 12.8 Å². The number of amides is 2. The molecule has 1 saturated heterocycles. The van der Waals surface area contributed by atoms with Gasteiger partial charge in [0.2, 0.25) is 5.91 Å². The molecule has 1 aromatic rings. The van der Waals surface area contributed by atoms with Crippen molar-refractivity contribution in [3.63, 3.8) is 0 Å². The largest absolute Gasteiger partial charge is 0.485 e. The van der Waals surface area contributed by atoms with Crippen LogP contribution < -0.4 is 10.1 Å². The molecular formula is C22H29N3O5. The van der Waals surface area contributed by atoms with Crippen molar-refractivity contribution in [2.45, 2.75) is 76.9 Å². The third-order valence-corrected chi connectivity index (χ3v) is 5.55. The number of ether oxygens (including phenoxy) is 2. The number of nitriles is 1. The zero-order valence-electron chi connectivity index (χ0n) is 17.8. The quantitative estimate of drug-likeness (QED) is 0.785. The van der Waals surface area contributed by atoms with Crippen LogP contribution in [0.15, 0.2) is 18.2 Å². The Morgan fingerprint density at radius 1 is 1.37 bits per heavy atom. The lowest BCUT2D eigenvalue weighted by molar-refractivity contribution is -0.131. The molecule has 3 atom stereocenters. The first-order valence-corrected chi connectivity index (χ1v) is 10.3. The van der Waals surface area contributed by atoms with Crippen molar-refractivity contribution in [2.24, 2.45) is 0 Å². The molecule has 2 amide bonds. The zero-order chi connectivity index (χ0) is 22.1. The van der Waals surface area contributed by atoms with E-state index < -0.39 is 29.9 Å². The Balaban J connectivity index is 1.87. The molecule has 3 rings (SSSR count). The molecule has 0 aliphatic carbocycles. The highest BCUT2D eigenvalue weighted by Crippen LogP contribution is 2.40. The maximum Gasteiger partial charge on any atom is 0.410 e. The minimum Gasteiger partial charge on any atom is -0.485 e. The minimum atomic E-state index is -1.04. The Bertz CT molecular complexity index is 861. The second kappa shape index (κ2) is 8.52. The van der Waals surface area contributed by atoms with E-state index in [4.69, 9.17) is 9.47 Å². The van der Waals surface area contributed by atoms with Crippen LogP contribution in [-0.2, 0) is 9.53 Å². The molecule has 2 aliphatic heterocycles. The first-order chi connectivity index (χ1) is 14.1. The normalized spacial score (nSPS) is 25.0. The van der Waals surface area contributed by atoms with Gasteiger partial charge in [-0.1, -0.05) is 0 Å². The summed E-state index contributed by atoms with van der Waals surface area (Å²) in [6, 6.07) is 5.55. The summed E-state index contributed by atoms with van der Waals surface area (Å²) in [5, 5.41) is 23.1. The number of benzene rings is 1. The Kier molecular flexibility index (Phi) is 6.22. The number of nitrogens with one attached hydrogen (secondary N) is 1. The molecule has 0 spiro atoms. The van der Waals surface area contributed by atoms with Crippen molar-refractivity contribution < 1.29 is 24.2 Å². The molecule has 8 heteroatoms. The maximum atomic E-state index is 13.2. The first kappa shape index (κ1) is 21.9. The summed E-state index contributed by atoms with van der Waals surface area (Å²) in [4.78, 5) is 27.2. The Morgan fingerprint density at radius 3 is 2.77 bits per heavy atom. The second-order valence-electron chi connectivity index (χ2n) is 8.64. The lowest BCUT2D eigenvalue weighted by Gasteiger charge is -2.43. The molecule has 1 fully saturated rings. The molecule has 2 aliphatic rings. The van der Waals surface area contributed by atoms with Gasteiger partial charge in [-0.15, -0.1) is 0 Å². The molecule has 0 bridgehead atoms. The number of hydrogen-bond acceptors (Lipinski definition) is 6. The van der Waals surface area contributed by atoms with E-state index in [2.05, 4.69) is 11.4 Å². The second-order valence-corrected chi connectivity index (χ2v) is 8.64. The van der Waals surface area contributed by atoms with Gasteiger partial charge in [-0.3, -0.25) is 9.69 Å². The van der Waals surface area contributed by atoms with Crippen LogP contribution in [0.3, 0.4) is 0 Å². The average Bonchev–Trinajstić information content (AvgIpc) is 2.70. The van der Waals surface area contributed by atoms with E-state index in [1.54, 1.807) is 45.9 Å². The van der Waals surface area contributed by atoms with Crippen molar-refractivity contribution in [3.8, 4) is 11.8 Å². The maximum absolute atomic E-state index is 13.2. The summed E-state index contributed by atoms with van der Waals surface area (Å²) in [7, 11) is 0. The SMILES string of the molecule is CC(C)OC(=O)N1CCCCC1C(=O)NC1c2cc(C#N)ccc2OC(C)(C)C1O. The van der Waals surface area contributed by atoms with Gasteiger partial charge in [-0.25, -0.2) is 4.79 Å². The molecule has 8 nitrogen and oxygen atoms in total. The number of likely N-dealkylation sites (tertiary alicyclic amines) is 1. The number of nitrogens with zero attached hydrogens (tertiary/aromatic N) is 2. The summed E-state index contributed by atoms with van der Waals surface area (Å²) in [6.45, 7) is 7.46. The van der Waals surface area contributed by atoms with Crippen LogP contribution in [0.4, 0.5) is 4.79 Å². The van der Waals surface area contributed by atoms with Crippen molar-refractivity contribution in [2.75, 3.05) is 6.54 Å². The van der Waals surface area contributed by atoms with Crippen LogP contribution in [-0.4, -0.2) is 52.4 Å². The fourth-order valence-corrected chi connectivity index (χ4v) is 3.97. The predicted molar refractivity (Wildman–Crippen MR) is 109 cm³/mol. The third kappa shape index (κ3) is 4.36. The molecule has 3 unspecified atom stereocenters. The molecule has 30 heavy (non-hydrogen) atoms. The molecule has 2 N–H and O–H groups in total. The Morgan fingerprint density at radius 2 is 2.10 bits per heavy atom. The van der Waals surface area contributed by atoms with Gasteiger partial charge in [-0.2, -0.15) is 5.26 Å². The monoisotopic (exact) mass is 415 g/mol. The van der Waals surface area contributed by atoms with Gasteiger partial charge in [0.15, 0.2) is 0 Å². The molecule has 0 aromatic heterocycles. The molecule has 0 saturated carbocycles. The summed E-state index contributed by atoms with van der Waals surface area (Å²) in [5.74, 6) is 0.153. The number of fused-ring (bicyclic) bond motifs is 1. The molecule has 1 aromatic carbocycles. The van der Waals surface area contributed by atoms with E-state index in [1.807, 2.05) is 0 Å². The van der Waals surface area contributed by atoms with Gasteiger partial charge in [0, 0.05) is 12.1 Å². The number of carbonyl (C=O) groups excluding carboxylic acids is 2. The lowest BCUT2D eigenvalue weighted by Crippen LogP contribution is -2.57. The van der Waals surface area contributed by atoms with Crippen molar-refractivity contribution in [1.29, 1.82) is 5.26 Å². The average molecular weight is 415 g/mol. The molecular weight excluding hydrogens is 386 g/mol. The highest BCUT2D eigenvalue weighted by molar-refractivity contribution is 5.86. The van der Waals surface area contributed by atoms with E-state index in [0.29, 0.717) is 29.8 Å². The van der Waals surface area contributed by atoms with E-state index >= 15 is 0 Å². The number of aliphatic hydroxyl groups excluding tert-OH is 1. The Hall–Kier alpha value is -2.79. The van der Waals surface area contributed by atoms with E-state index in [9.17, 15) is 20.0 Å². The number of piperidine rings is 1. The highest BCUT2D eigenvalue weighted by Gasteiger charge is 2.45. The van der Waals surface area contributed by atoms with Gasteiger partial charge in [-0.05, 0) is 65.2 Å².